The molecule has 0 N–H and O–H groups in total. The Morgan fingerprint density at radius 3 is 2.50 bits per heavy atom. The summed E-state index contributed by atoms with van der Waals surface area (Å²) in [6.45, 7) is 8.55. The minimum Gasteiger partial charge on any atom is -0.295 e. The lowest BCUT2D eigenvalue weighted by atomic mass is 10.2. The van der Waals surface area contributed by atoms with Gasteiger partial charge in [-0.1, -0.05) is 39.0 Å². The van der Waals surface area contributed by atoms with Gasteiger partial charge in [0.05, 0.1) is 6.54 Å². The van der Waals surface area contributed by atoms with Crippen molar-refractivity contribution in [2.45, 2.75) is 33.6 Å². The Hall–Kier alpha value is -0.480. The maximum atomic E-state index is 3.17. The van der Waals surface area contributed by atoms with E-state index in [1.807, 2.05) is 0 Å². The summed E-state index contributed by atoms with van der Waals surface area (Å²) in [5.74, 6) is 6.83. The summed E-state index contributed by atoms with van der Waals surface area (Å²) in [6.07, 6.45) is 2.54. The Morgan fingerprint density at radius 1 is 1.33 bits per heavy atom. The fourth-order valence-electron chi connectivity index (χ4n) is 0.892. The smallest absolute Gasteiger partial charge is 0.0599 e. The van der Waals surface area contributed by atoms with Crippen molar-refractivity contribution in [2.75, 3.05) is 20.1 Å². The van der Waals surface area contributed by atoms with E-state index in [-0.39, 0.29) is 0 Å². The first kappa shape index (κ1) is 11.5. The Kier molecular flexibility index (Phi) is 6.90. The minimum atomic E-state index is 0.504. The molecule has 0 aromatic carbocycles. The van der Waals surface area contributed by atoms with Crippen molar-refractivity contribution in [3.05, 3.63) is 0 Å². The predicted octanol–water partition coefficient (Wildman–Crippen LogP) is 2.38. The molecule has 0 fully saturated rings. The lowest BCUT2D eigenvalue weighted by molar-refractivity contribution is 0.367. The Morgan fingerprint density at radius 2 is 2.00 bits per heavy atom. The van der Waals surface area contributed by atoms with Gasteiger partial charge in [0.2, 0.25) is 0 Å². The molecule has 0 heterocycles. The van der Waals surface area contributed by atoms with Crippen molar-refractivity contribution in [1.82, 2.24) is 4.90 Å². The highest BCUT2D eigenvalue weighted by Gasteiger charge is 1.92. The van der Waals surface area contributed by atoms with Gasteiger partial charge in [-0.3, -0.25) is 4.90 Å². The number of hydrogen-bond donors (Lipinski definition) is 0. The van der Waals surface area contributed by atoms with E-state index in [1.165, 1.54) is 19.4 Å². The van der Waals surface area contributed by atoms with Crippen LogP contribution in [0.4, 0.5) is 0 Å². The highest BCUT2D eigenvalue weighted by Crippen LogP contribution is 1.91. The first-order valence-electron chi connectivity index (χ1n) is 4.83. The van der Waals surface area contributed by atoms with Crippen LogP contribution in [0, 0.1) is 17.8 Å². The van der Waals surface area contributed by atoms with Crippen LogP contribution in [0.5, 0.6) is 0 Å². The average Bonchev–Trinajstić information content (AvgIpc) is 2.00. The Labute approximate surface area is 77.1 Å². The molecule has 0 radical (unpaired) electrons. The summed E-state index contributed by atoms with van der Waals surface area (Å²) in [7, 11) is 2.13. The molecule has 12 heavy (non-hydrogen) atoms. The second kappa shape index (κ2) is 7.18. The third-order valence-corrected chi connectivity index (χ3v) is 1.63. The lowest BCUT2D eigenvalue weighted by Gasteiger charge is -2.11. The summed E-state index contributed by atoms with van der Waals surface area (Å²) in [6, 6.07) is 0. The monoisotopic (exact) mass is 167 g/mol. The molecule has 0 aromatic heterocycles. The van der Waals surface area contributed by atoms with E-state index in [9.17, 15) is 0 Å². The predicted molar refractivity (Wildman–Crippen MR) is 55.0 cm³/mol. The van der Waals surface area contributed by atoms with E-state index in [4.69, 9.17) is 0 Å². The minimum absolute atomic E-state index is 0.504. The molecule has 1 nitrogen and oxygen atoms in total. The molecule has 0 atom stereocenters. The normalized spacial score (nSPS) is 10.2. The molecular formula is C11H21N. The largest absolute Gasteiger partial charge is 0.295 e. The van der Waals surface area contributed by atoms with Gasteiger partial charge in [-0.15, -0.1) is 0 Å². The van der Waals surface area contributed by atoms with E-state index in [0.717, 1.165) is 6.54 Å². The van der Waals surface area contributed by atoms with Gasteiger partial charge in [0.25, 0.3) is 0 Å². The SMILES string of the molecule is CCCCN(C)CC#CC(C)C. The van der Waals surface area contributed by atoms with Crippen molar-refractivity contribution in [2.24, 2.45) is 5.92 Å². The van der Waals surface area contributed by atoms with Gasteiger partial charge in [0.1, 0.15) is 0 Å². The fourth-order valence-corrected chi connectivity index (χ4v) is 0.892. The van der Waals surface area contributed by atoms with Crippen LogP contribution >= 0.6 is 0 Å². The van der Waals surface area contributed by atoms with Crippen LogP contribution in [0.1, 0.15) is 33.6 Å². The fraction of sp³-hybridized carbons (Fsp3) is 0.818. The molecule has 0 saturated carbocycles. The third kappa shape index (κ3) is 7.63. The van der Waals surface area contributed by atoms with Crippen molar-refractivity contribution < 1.29 is 0 Å². The van der Waals surface area contributed by atoms with E-state index >= 15 is 0 Å². The maximum Gasteiger partial charge on any atom is 0.0599 e. The molecular weight excluding hydrogens is 146 g/mol. The number of rotatable bonds is 4. The zero-order valence-electron chi connectivity index (χ0n) is 8.85. The third-order valence-electron chi connectivity index (χ3n) is 1.63. The van der Waals surface area contributed by atoms with Crippen LogP contribution < -0.4 is 0 Å². The molecule has 0 aliphatic carbocycles. The van der Waals surface area contributed by atoms with Crippen LogP contribution in [0.25, 0.3) is 0 Å². The zero-order valence-corrected chi connectivity index (χ0v) is 8.85. The van der Waals surface area contributed by atoms with Gasteiger partial charge in [-0.2, -0.15) is 0 Å². The summed E-state index contributed by atoms with van der Waals surface area (Å²) < 4.78 is 0. The maximum absolute atomic E-state index is 3.17. The first-order valence-corrected chi connectivity index (χ1v) is 4.83. The summed E-state index contributed by atoms with van der Waals surface area (Å²) in [4.78, 5) is 2.28. The van der Waals surface area contributed by atoms with Crippen LogP contribution in [0.3, 0.4) is 0 Å². The van der Waals surface area contributed by atoms with Crippen molar-refractivity contribution >= 4 is 0 Å². The van der Waals surface area contributed by atoms with Crippen LogP contribution in [0.2, 0.25) is 0 Å². The molecule has 70 valence electrons. The van der Waals surface area contributed by atoms with Crippen LogP contribution in [-0.4, -0.2) is 25.0 Å². The van der Waals surface area contributed by atoms with Crippen molar-refractivity contribution in [3.63, 3.8) is 0 Å². The van der Waals surface area contributed by atoms with Gasteiger partial charge in [0, 0.05) is 5.92 Å². The zero-order chi connectivity index (χ0) is 9.40. The van der Waals surface area contributed by atoms with Crippen LogP contribution in [0.15, 0.2) is 0 Å². The molecule has 0 rings (SSSR count). The van der Waals surface area contributed by atoms with Gasteiger partial charge in [-0.25, -0.2) is 0 Å². The Bertz CT molecular complexity index is 150. The number of unbranched alkanes of at least 4 members (excludes halogenated alkanes) is 1. The van der Waals surface area contributed by atoms with E-state index in [0.29, 0.717) is 5.92 Å². The van der Waals surface area contributed by atoms with Gasteiger partial charge >= 0.3 is 0 Å². The molecule has 0 spiro atoms. The van der Waals surface area contributed by atoms with Gasteiger partial charge < -0.3 is 0 Å². The average molecular weight is 167 g/mol. The Balaban J connectivity index is 3.44. The standard InChI is InChI=1S/C11H21N/c1-5-6-9-12(4)10-7-8-11(2)3/h11H,5-6,9-10H2,1-4H3. The topological polar surface area (TPSA) is 3.24 Å². The summed E-state index contributed by atoms with van der Waals surface area (Å²) >= 11 is 0. The molecule has 0 amide bonds. The number of nitrogens with zero attached hydrogens (tertiary/aromatic N) is 1. The summed E-state index contributed by atoms with van der Waals surface area (Å²) in [5.41, 5.74) is 0. The number of hydrogen-bond acceptors (Lipinski definition) is 1. The second-order valence-corrected chi connectivity index (χ2v) is 3.57. The molecule has 0 aliphatic rings. The van der Waals surface area contributed by atoms with Crippen molar-refractivity contribution in [1.29, 1.82) is 0 Å². The van der Waals surface area contributed by atoms with Crippen molar-refractivity contribution in [3.8, 4) is 11.8 Å². The molecule has 1 heteroatoms. The first-order chi connectivity index (χ1) is 5.66. The molecule has 0 bridgehead atoms. The van der Waals surface area contributed by atoms with E-state index in [2.05, 4.69) is 44.6 Å². The van der Waals surface area contributed by atoms with Crippen LogP contribution in [-0.2, 0) is 0 Å². The van der Waals surface area contributed by atoms with Gasteiger partial charge in [0.15, 0.2) is 0 Å². The molecule has 0 aliphatic heterocycles. The van der Waals surface area contributed by atoms with E-state index in [1.54, 1.807) is 0 Å². The second-order valence-electron chi connectivity index (χ2n) is 3.57. The highest BCUT2D eigenvalue weighted by atomic mass is 15.1. The highest BCUT2D eigenvalue weighted by molar-refractivity contribution is 5.02. The van der Waals surface area contributed by atoms with E-state index < -0.39 is 0 Å². The lowest BCUT2D eigenvalue weighted by Crippen LogP contribution is -2.19. The molecule has 0 aromatic rings. The summed E-state index contributed by atoms with van der Waals surface area (Å²) in [5, 5.41) is 0. The molecule has 0 unspecified atom stereocenters. The molecule has 0 saturated heterocycles. The quantitative estimate of drug-likeness (QED) is 0.581. The van der Waals surface area contributed by atoms with Gasteiger partial charge in [-0.05, 0) is 20.0 Å².